The van der Waals surface area contributed by atoms with E-state index in [4.69, 9.17) is 16.7 Å². The smallest absolute Gasteiger partial charge is 0.272 e. The summed E-state index contributed by atoms with van der Waals surface area (Å²) >= 11 is 6.52. The van der Waals surface area contributed by atoms with E-state index >= 15 is 0 Å². The molecule has 204 valence electrons. The van der Waals surface area contributed by atoms with E-state index in [2.05, 4.69) is 20.5 Å². The number of alkyl halides is 2. The summed E-state index contributed by atoms with van der Waals surface area (Å²) in [4.78, 5) is 18.4. The van der Waals surface area contributed by atoms with Crippen LogP contribution in [0.5, 0.6) is 0 Å². The highest BCUT2D eigenvalue weighted by atomic mass is 35.5. The number of carbonyl (C=O) groups excluding carboxylic acids is 1. The molecule has 1 aromatic carbocycles. The Morgan fingerprint density at radius 3 is 2.74 bits per heavy atom. The van der Waals surface area contributed by atoms with Crippen LogP contribution in [0.25, 0.3) is 11.3 Å². The summed E-state index contributed by atoms with van der Waals surface area (Å²) in [5.74, 6) is -1.65. The van der Waals surface area contributed by atoms with Gasteiger partial charge in [-0.3, -0.25) is 14.4 Å². The van der Waals surface area contributed by atoms with E-state index < -0.39 is 5.92 Å². The topological polar surface area (TPSA) is 91.7 Å². The molecule has 0 bridgehead atoms. The van der Waals surface area contributed by atoms with Crippen LogP contribution in [-0.4, -0.2) is 67.4 Å². The van der Waals surface area contributed by atoms with Crippen molar-refractivity contribution in [1.29, 1.82) is 0 Å². The number of benzene rings is 1. The third-order valence-electron chi connectivity index (χ3n) is 7.48. The van der Waals surface area contributed by atoms with Gasteiger partial charge in [-0.2, -0.15) is 5.10 Å². The SMILES string of the molecule is Cc1nnc(C[C@H](CCN2CCCC(F)(F)C2)NC(=O)c2cc(-c3ccccc3Cl)n(C3CCCC3)n2)[nH]1. The Morgan fingerprint density at radius 1 is 1.24 bits per heavy atom. The molecule has 11 heteroatoms. The van der Waals surface area contributed by atoms with Gasteiger partial charge in [-0.05, 0) is 51.3 Å². The summed E-state index contributed by atoms with van der Waals surface area (Å²) in [7, 11) is 0. The Labute approximate surface area is 226 Å². The van der Waals surface area contributed by atoms with Crippen LogP contribution >= 0.6 is 11.6 Å². The van der Waals surface area contributed by atoms with Gasteiger partial charge in [-0.15, -0.1) is 10.2 Å². The van der Waals surface area contributed by atoms with Gasteiger partial charge < -0.3 is 10.3 Å². The maximum Gasteiger partial charge on any atom is 0.272 e. The van der Waals surface area contributed by atoms with Crippen molar-refractivity contribution in [1.82, 2.24) is 35.2 Å². The van der Waals surface area contributed by atoms with Gasteiger partial charge in [0.25, 0.3) is 11.8 Å². The lowest BCUT2D eigenvalue weighted by Gasteiger charge is -2.33. The van der Waals surface area contributed by atoms with E-state index in [9.17, 15) is 13.6 Å². The van der Waals surface area contributed by atoms with E-state index in [0.29, 0.717) is 54.7 Å². The van der Waals surface area contributed by atoms with Crippen molar-refractivity contribution in [3.63, 3.8) is 0 Å². The highest BCUT2D eigenvalue weighted by molar-refractivity contribution is 6.33. The Kier molecular flexibility index (Phi) is 8.09. The van der Waals surface area contributed by atoms with Crippen molar-refractivity contribution in [3.05, 3.63) is 52.7 Å². The molecule has 5 rings (SSSR count). The third-order valence-corrected chi connectivity index (χ3v) is 7.80. The average Bonchev–Trinajstić information content (AvgIpc) is 3.63. The maximum atomic E-state index is 13.9. The number of likely N-dealkylation sites (tertiary alicyclic amines) is 1. The normalized spacial score (nSPS) is 19.1. The van der Waals surface area contributed by atoms with Gasteiger partial charge in [0.15, 0.2) is 5.69 Å². The van der Waals surface area contributed by atoms with E-state index in [1.54, 1.807) is 11.0 Å². The molecule has 1 aliphatic heterocycles. The number of halogens is 3. The predicted molar refractivity (Wildman–Crippen MR) is 141 cm³/mol. The molecule has 0 unspecified atom stereocenters. The van der Waals surface area contributed by atoms with Crippen molar-refractivity contribution in [2.75, 3.05) is 19.6 Å². The molecule has 2 N–H and O–H groups in total. The molecule has 2 fully saturated rings. The second-order valence-electron chi connectivity index (χ2n) is 10.5. The first kappa shape index (κ1) is 26.7. The van der Waals surface area contributed by atoms with E-state index in [1.807, 2.05) is 35.9 Å². The Balaban J connectivity index is 1.35. The molecule has 3 heterocycles. The van der Waals surface area contributed by atoms with Gasteiger partial charge in [0.2, 0.25) is 0 Å². The molecule has 2 aliphatic rings. The lowest BCUT2D eigenvalue weighted by molar-refractivity contribution is -0.0644. The zero-order valence-electron chi connectivity index (χ0n) is 21.6. The fourth-order valence-electron chi connectivity index (χ4n) is 5.58. The number of aryl methyl sites for hydroxylation is 1. The number of amides is 1. The number of aromatic nitrogens is 5. The van der Waals surface area contributed by atoms with Crippen LogP contribution < -0.4 is 5.32 Å². The molecule has 1 saturated heterocycles. The number of hydrogen-bond acceptors (Lipinski definition) is 5. The number of piperidine rings is 1. The zero-order chi connectivity index (χ0) is 26.7. The summed E-state index contributed by atoms with van der Waals surface area (Å²) in [5, 5.41) is 16.6. The van der Waals surface area contributed by atoms with Gasteiger partial charge in [0, 0.05) is 36.0 Å². The van der Waals surface area contributed by atoms with Crippen LogP contribution in [0, 0.1) is 6.92 Å². The fourth-order valence-corrected chi connectivity index (χ4v) is 5.82. The standard InChI is InChI=1S/C27H34ClF2N7O/c1-18-31-25(34-33-18)15-19(11-14-36-13-6-12-27(29,30)17-36)32-26(38)23-16-24(21-9-4-5-10-22(21)28)37(35-23)20-7-2-3-8-20/h4-5,9-10,16,19-20H,2-3,6-8,11-15,17H2,1H3,(H,32,38)(H,31,33,34)/t19-/m0/s1. The summed E-state index contributed by atoms with van der Waals surface area (Å²) in [6.45, 7) is 2.65. The third kappa shape index (κ3) is 6.40. The summed E-state index contributed by atoms with van der Waals surface area (Å²) in [5.41, 5.74) is 1.98. The van der Waals surface area contributed by atoms with E-state index in [-0.39, 0.29) is 31.0 Å². The molecule has 1 saturated carbocycles. The molecular weight excluding hydrogens is 512 g/mol. The summed E-state index contributed by atoms with van der Waals surface area (Å²) in [6, 6.07) is 9.27. The molecule has 8 nitrogen and oxygen atoms in total. The molecule has 38 heavy (non-hydrogen) atoms. The number of nitrogens with zero attached hydrogens (tertiary/aromatic N) is 5. The number of carbonyl (C=O) groups is 1. The molecule has 3 aromatic rings. The largest absolute Gasteiger partial charge is 0.347 e. The van der Waals surface area contributed by atoms with Crippen molar-refractivity contribution < 1.29 is 13.6 Å². The molecule has 0 spiro atoms. The summed E-state index contributed by atoms with van der Waals surface area (Å²) < 4.78 is 29.8. The Morgan fingerprint density at radius 2 is 2.03 bits per heavy atom. The minimum Gasteiger partial charge on any atom is -0.347 e. The molecule has 0 radical (unpaired) electrons. The van der Waals surface area contributed by atoms with Crippen molar-refractivity contribution in [2.24, 2.45) is 0 Å². The first-order valence-electron chi connectivity index (χ1n) is 13.4. The molecule has 1 amide bonds. The van der Waals surface area contributed by atoms with Crippen LogP contribution in [0.15, 0.2) is 30.3 Å². The molecule has 2 aromatic heterocycles. The number of nitrogens with one attached hydrogen (secondary N) is 2. The van der Waals surface area contributed by atoms with Crippen LogP contribution in [0.4, 0.5) is 8.78 Å². The van der Waals surface area contributed by atoms with Crippen LogP contribution in [0.3, 0.4) is 0 Å². The Bertz CT molecular complexity index is 1250. The average molecular weight is 546 g/mol. The summed E-state index contributed by atoms with van der Waals surface area (Å²) in [6.07, 6.45) is 5.58. The van der Waals surface area contributed by atoms with Crippen LogP contribution in [-0.2, 0) is 6.42 Å². The minimum absolute atomic E-state index is 0.0710. The maximum absolute atomic E-state index is 13.9. The monoisotopic (exact) mass is 545 g/mol. The number of hydrogen-bond donors (Lipinski definition) is 2. The van der Waals surface area contributed by atoms with Crippen molar-refractivity contribution in [2.45, 2.75) is 76.3 Å². The quantitative estimate of drug-likeness (QED) is 0.385. The molecular formula is C27H34ClF2N7O. The van der Waals surface area contributed by atoms with Gasteiger partial charge in [0.1, 0.15) is 11.6 Å². The zero-order valence-corrected chi connectivity index (χ0v) is 22.4. The second-order valence-corrected chi connectivity index (χ2v) is 10.9. The number of aromatic amines is 1. The highest BCUT2D eigenvalue weighted by Crippen LogP contribution is 2.36. The van der Waals surface area contributed by atoms with Crippen molar-refractivity contribution in [3.8, 4) is 11.3 Å². The highest BCUT2D eigenvalue weighted by Gasteiger charge is 2.35. The van der Waals surface area contributed by atoms with Gasteiger partial charge >= 0.3 is 0 Å². The molecule has 1 atom stereocenters. The van der Waals surface area contributed by atoms with E-state index in [0.717, 1.165) is 36.9 Å². The van der Waals surface area contributed by atoms with E-state index in [1.165, 1.54) is 0 Å². The van der Waals surface area contributed by atoms with Crippen LogP contribution in [0.2, 0.25) is 5.02 Å². The number of H-pyrrole nitrogens is 1. The lowest BCUT2D eigenvalue weighted by Crippen LogP contribution is -2.45. The fraction of sp³-hybridized carbons (Fsp3) is 0.556. The molecule has 1 aliphatic carbocycles. The Hall–Kier alpha value is -2.85. The van der Waals surface area contributed by atoms with Gasteiger partial charge in [-0.25, -0.2) is 8.78 Å². The first-order valence-corrected chi connectivity index (χ1v) is 13.8. The lowest BCUT2D eigenvalue weighted by atomic mass is 10.0. The van der Waals surface area contributed by atoms with Gasteiger partial charge in [-0.1, -0.05) is 42.6 Å². The van der Waals surface area contributed by atoms with Crippen molar-refractivity contribution >= 4 is 17.5 Å². The minimum atomic E-state index is -2.67. The second kappa shape index (κ2) is 11.5. The van der Waals surface area contributed by atoms with Gasteiger partial charge in [0.05, 0.1) is 18.3 Å². The predicted octanol–water partition coefficient (Wildman–Crippen LogP) is 5.21. The number of rotatable bonds is 9. The first-order chi connectivity index (χ1) is 18.3. The van der Waals surface area contributed by atoms with Crippen LogP contribution in [0.1, 0.15) is 73.1 Å².